The highest BCUT2D eigenvalue weighted by Gasteiger charge is 2.12. The summed E-state index contributed by atoms with van der Waals surface area (Å²) in [6.45, 7) is 3.16. The number of benzene rings is 2. The molecule has 0 bridgehead atoms. The highest BCUT2D eigenvalue weighted by atomic mass is 35.5. The van der Waals surface area contributed by atoms with Crippen molar-refractivity contribution < 1.29 is 14.3 Å². The molecular formula is C17H17ClN2O3. The standard InChI is InChI=1S/C17H17ClN2O3/c1-11-8-12(18)2-4-14(11)19-10-17(21)20-13-3-5-15-16(9-13)23-7-6-22-15/h2-5,8-9,19H,6-7,10H2,1H3,(H,20,21). The fourth-order valence-corrected chi connectivity index (χ4v) is 2.55. The summed E-state index contributed by atoms with van der Waals surface area (Å²) in [6.07, 6.45) is 0. The van der Waals surface area contributed by atoms with Crippen molar-refractivity contribution in [3.8, 4) is 11.5 Å². The van der Waals surface area contributed by atoms with Gasteiger partial charge in [-0.3, -0.25) is 4.79 Å². The lowest BCUT2D eigenvalue weighted by Crippen LogP contribution is -2.22. The van der Waals surface area contributed by atoms with Crippen molar-refractivity contribution in [2.45, 2.75) is 6.92 Å². The number of carbonyl (C=O) groups is 1. The van der Waals surface area contributed by atoms with Gasteiger partial charge in [-0.2, -0.15) is 0 Å². The Morgan fingerprint density at radius 2 is 1.91 bits per heavy atom. The highest BCUT2D eigenvalue weighted by Crippen LogP contribution is 2.32. The Kier molecular flexibility index (Phi) is 4.57. The van der Waals surface area contributed by atoms with Crippen LogP contribution in [0.15, 0.2) is 36.4 Å². The molecule has 120 valence electrons. The zero-order valence-corrected chi connectivity index (χ0v) is 13.4. The maximum Gasteiger partial charge on any atom is 0.243 e. The van der Waals surface area contributed by atoms with Crippen molar-refractivity contribution in [2.75, 3.05) is 30.4 Å². The number of carbonyl (C=O) groups excluding carboxylic acids is 1. The van der Waals surface area contributed by atoms with Crippen LogP contribution < -0.4 is 20.1 Å². The monoisotopic (exact) mass is 332 g/mol. The summed E-state index contributed by atoms with van der Waals surface area (Å²) in [5, 5.41) is 6.60. The van der Waals surface area contributed by atoms with Crippen LogP contribution in [0.5, 0.6) is 11.5 Å². The number of aryl methyl sites for hydroxylation is 1. The number of hydrogen-bond donors (Lipinski definition) is 2. The molecule has 23 heavy (non-hydrogen) atoms. The number of amides is 1. The van der Waals surface area contributed by atoms with Crippen molar-refractivity contribution in [1.29, 1.82) is 0 Å². The maximum absolute atomic E-state index is 12.1. The molecule has 0 atom stereocenters. The van der Waals surface area contributed by atoms with Gasteiger partial charge in [-0.15, -0.1) is 0 Å². The quantitative estimate of drug-likeness (QED) is 0.900. The average Bonchev–Trinajstić information content (AvgIpc) is 2.54. The van der Waals surface area contributed by atoms with Gasteiger partial charge in [0.1, 0.15) is 13.2 Å². The van der Waals surface area contributed by atoms with E-state index >= 15 is 0 Å². The normalized spacial score (nSPS) is 12.6. The molecule has 0 unspecified atom stereocenters. The molecular weight excluding hydrogens is 316 g/mol. The summed E-state index contributed by atoms with van der Waals surface area (Å²) in [5.41, 5.74) is 2.55. The van der Waals surface area contributed by atoms with Gasteiger partial charge in [0, 0.05) is 22.5 Å². The summed E-state index contributed by atoms with van der Waals surface area (Å²) >= 11 is 5.92. The van der Waals surface area contributed by atoms with Gasteiger partial charge >= 0.3 is 0 Å². The Bertz CT molecular complexity index is 734. The minimum absolute atomic E-state index is 0.143. The number of anilines is 2. The van der Waals surface area contributed by atoms with Gasteiger partial charge in [0.2, 0.25) is 5.91 Å². The Morgan fingerprint density at radius 1 is 1.13 bits per heavy atom. The zero-order valence-electron chi connectivity index (χ0n) is 12.7. The van der Waals surface area contributed by atoms with Gasteiger partial charge in [-0.25, -0.2) is 0 Å². The molecule has 0 radical (unpaired) electrons. The van der Waals surface area contributed by atoms with Crippen molar-refractivity contribution in [1.82, 2.24) is 0 Å². The minimum atomic E-state index is -0.143. The largest absolute Gasteiger partial charge is 0.486 e. The molecule has 6 heteroatoms. The lowest BCUT2D eigenvalue weighted by atomic mass is 10.2. The van der Waals surface area contributed by atoms with Crippen LogP contribution in [0, 0.1) is 6.92 Å². The molecule has 2 aromatic carbocycles. The van der Waals surface area contributed by atoms with Crippen LogP contribution in [0.25, 0.3) is 0 Å². The molecule has 1 aliphatic heterocycles. The number of nitrogens with one attached hydrogen (secondary N) is 2. The SMILES string of the molecule is Cc1cc(Cl)ccc1NCC(=O)Nc1ccc2c(c1)OCCO2. The van der Waals surface area contributed by atoms with E-state index in [1.807, 2.05) is 19.1 Å². The second kappa shape index (κ2) is 6.79. The molecule has 0 saturated carbocycles. The van der Waals surface area contributed by atoms with Gasteiger partial charge in [0.25, 0.3) is 0 Å². The molecule has 0 fully saturated rings. The minimum Gasteiger partial charge on any atom is -0.486 e. The third kappa shape index (κ3) is 3.87. The van der Waals surface area contributed by atoms with Crippen LogP contribution in [0.1, 0.15) is 5.56 Å². The number of fused-ring (bicyclic) bond motifs is 1. The van der Waals surface area contributed by atoms with E-state index in [-0.39, 0.29) is 12.5 Å². The summed E-state index contributed by atoms with van der Waals surface area (Å²) in [4.78, 5) is 12.1. The van der Waals surface area contributed by atoms with Crippen LogP contribution in [0.4, 0.5) is 11.4 Å². The fraction of sp³-hybridized carbons (Fsp3) is 0.235. The Morgan fingerprint density at radius 3 is 2.70 bits per heavy atom. The summed E-state index contributed by atoms with van der Waals surface area (Å²) < 4.78 is 10.9. The Hall–Kier alpha value is -2.40. The van der Waals surface area contributed by atoms with E-state index in [2.05, 4.69) is 10.6 Å². The molecule has 0 aliphatic carbocycles. The summed E-state index contributed by atoms with van der Waals surface area (Å²) in [7, 11) is 0. The smallest absolute Gasteiger partial charge is 0.243 e. The maximum atomic E-state index is 12.1. The first-order valence-corrected chi connectivity index (χ1v) is 7.69. The fourth-order valence-electron chi connectivity index (χ4n) is 2.33. The van der Waals surface area contributed by atoms with E-state index in [0.29, 0.717) is 35.4 Å². The van der Waals surface area contributed by atoms with Crippen LogP contribution in [-0.2, 0) is 4.79 Å². The van der Waals surface area contributed by atoms with E-state index in [9.17, 15) is 4.79 Å². The number of hydrogen-bond acceptors (Lipinski definition) is 4. The first-order chi connectivity index (χ1) is 11.1. The molecule has 0 aromatic heterocycles. The molecule has 2 N–H and O–H groups in total. The van der Waals surface area contributed by atoms with Gasteiger partial charge in [-0.1, -0.05) is 11.6 Å². The third-order valence-corrected chi connectivity index (χ3v) is 3.69. The summed E-state index contributed by atoms with van der Waals surface area (Å²) in [6, 6.07) is 10.8. The molecule has 1 aliphatic rings. The van der Waals surface area contributed by atoms with E-state index in [1.165, 1.54) is 0 Å². The topological polar surface area (TPSA) is 59.6 Å². The highest BCUT2D eigenvalue weighted by molar-refractivity contribution is 6.30. The molecule has 1 amide bonds. The van der Waals surface area contributed by atoms with E-state index in [0.717, 1.165) is 11.3 Å². The first kappa shape index (κ1) is 15.5. The Labute approximate surface area is 139 Å². The average molecular weight is 333 g/mol. The lowest BCUT2D eigenvalue weighted by Gasteiger charge is -2.19. The molecule has 0 saturated heterocycles. The second-order valence-electron chi connectivity index (χ2n) is 5.22. The molecule has 2 aromatic rings. The third-order valence-electron chi connectivity index (χ3n) is 3.45. The molecule has 1 heterocycles. The predicted octanol–water partition coefficient (Wildman–Crippen LogP) is 3.47. The van der Waals surface area contributed by atoms with Crippen molar-refractivity contribution in [3.63, 3.8) is 0 Å². The van der Waals surface area contributed by atoms with E-state index in [1.54, 1.807) is 24.3 Å². The first-order valence-electron chi connectivity index (χ1n) is 7.31. The zero-order chi connectivity index (χ0) is 16.2. The lowest BCUT2D eigenvalue weighted by molar-refractivity contribution is -0.114. The van der Waals surface area contributed by atoms with Crippen molar-refractivity contribution in [3.05, 3.63) is 47.0 Å². The van der Waals surface area contributed by atoms with E-state index < -0.39 is 0 Å². The van der Waals surface area contributed by atoms with E-state index in [4.69, 9.17) is 21.1 Å². The number of halogens is 1. The number of ether oxygens (including phenoxy) is 2. The van der Waals surface area contributed by atoms with Gasteiger partial charge in [-0.05, 0) is 42.8 Å². The van der Waals surface area contributed by atoms with Gasteiger partial charge < -0.3 is 20.1 Å². The van der Waals surface area contributed by atoms with Gasteiger partial charge in [0.05, 0.1) is 6.54 Å². The molecule has 3 rings (SSSR count). The van der Waals surface area contributed by atoms with Gasteiger partial charge in [0.15, 0.2) is 11.5 Å². The van der Waals surface area contributed by atoms with Crippen LogP contribution >= 0.6 is 11.6 Å². The predicted molar refractivity (Wildman–Crippen MR) is 90.7 cm³/mol. The van der Waals surface area contributed by atoms with Crippen molar-refractivity contribution >= 4 is 28.9 Å². The second-order valence-corrected chi connectivity index (χ2v) is 5.66. The van der Waals surface area contributed by atoms with Crippen LogP contribution in [0.3, 0.4) is 0 Å². The summed E-state index contributed by atoms with van der Waals surface area (Å²) in [5.74, 6) is 1.20. The molecule has 5 nitrogen and oxygen atoms in total. The van der Waals surface area contributed by atoms with Crippen LogP contribution in [-0.4, -0.2) is 25.7 Å². The van der Waals surface area contributed by atoms with Crippen molar-refractivity contribution in [2.24, 2.45) is 0 Å². The van der Waals surface area contributed by atoms with Crippen LogP contribution in [0.2, 0.25) is 5.02 Å². The number of rotatable bonds is 4. The molecule has 0 spiro atoms. The Balaban J connectivity index is 1.59.